The van der Waals surface area contributed by atoms with Crippen LogP contribution in [0.5, 0.6) is 0 Å². The summed E-state index contributed by atoms with van der Waals surface area (Å²) in [5.41, 5.74) is -0.226. The molecule has 2 aliphatic rings. The van der Waals surface area contributed by atoms with E-state index >= 15 is 0 Å². The smallest absolute Gasteiger partial charge is 0.317 e. The van der Waals surface area contributed by atoms with Gasteiger partial charge in [-0.1, -0.05) is 6.42 Å². The fourth-order valence-corrected chi connectivity index (χ4v) is 3.63. The maximum absolute atomic E-state index is 11.2. The van der Waals surface area contributed by atoms with E-state index in [9.17, 15) is 4.79 Å². The van der Waals surface area contributed by atoms with Crippen LogP contribution in [0.25, 0.3) is 0 Å². The van der Waals surface area contributed by atoms with Crippen LogP contribution in [0.2, 0.25) is 0 Å². The van der Waals surface area contributed by atoms with Crippen LogP contribution < -0.4 is 5.69 Å². The van der Waals surface area contributed by atoms with E-state index < -0.39 is 0 Å². The molecule has 2 aromatic heterocycles. The van der Waals surface area contributed by atoms with E-state index in [1.54, 1.807) is 0 Å². The first kappa shape index (κ1) is 14.6. The molecular formula is C15H23N7O. The predicted molar refractivity (Wildman–Crippen MR) is 84.1 cm³/mol. The third-order valence-electron chi connectivity index (χ3n) is 5.25. The van der Waals surface area contributed by atoms with Gasteiger partial charge in [0.15, 0.2) is 0 Å². The number of aromatic nitrogens is 6. The first-order valence-corrected chi connectivity index (χ1v) is 8.46. The van der Waals surface area contributed by atoms with E-state index in [0.29, 0.717) is 5.92 Å². The van der Waals surface area contributed by atoms with Crippen molar-refractivity contribution in [3.05, 3.63) is 28.0 Å². The lowest BCUT2D eigenvalue weighted by Crippen LogP contribution is -2.35. The minimum Gasteiger partial charge on any atom is -0.317 e. The maximum atomic E-state index is 11.2. The van der Waals surface area contributed by atoms with E-state index in [1.807, 2.05) is 0 Å². The molecule has 1 atom stereocenters. The molecule has 0 aromatic carbocycles. The number of H-pyrrole nitrogens is 2. The Kier molecular flexibility index (Phi) is 3.76. The second-order valence-corrected chi connectivity index (χ2v) is 6.80. The zero-order valence-corrected chi connectivity index (χ0v) is 13.5. The Hall–Kier alpha value is -1.96. The van der Waals surface area contributed by atoms with E-state index in [-0.39, 0.29) is 11.6 Å². The number of aromatic amines is 2. The van der Waals surface area contributed by atoms with Gasteiger partial charge in [-0.25, -0.2) is 9.89 Å². The number of likely N-dealkylation sites (tertiary alicyclic amines) is 1. The number of rotatable bonds is 4. The average molecular weight is 317 g/mol. The third kappa shape index (κ3) is 2.83. The Bertz CT molecular complexity index is 726. The molecule has 1 unspecified atom stereocenters. The normalized spacial score (nSPS) is 23.1. The van der Waals surface area contributed by atoms with Gasteiger partial charge in [0.25, 0.3) is 0 Å². The first-order valence-electron chi connectivity index (χ1n) is 8.46. The van der Waals surface area contributed by atoms with E-state index in [4.69, 9.17) is 0 Å². The Labute approximate surface area is 134 Å². The van der Waals surface area contributed by atoms with E-state index in [1.165, 1.54) is 19.3 Å². The van der Waals surface area contributed by atoms with Gasteiger partial charge in [0, 0.05) is 25.4 Å². The van der Waals surface area contributed by atoms with Crippen molar-refractivity contribution in [1.29, 1.82) is 0 Å². The molecule has 124 valence electrons. The van der Waals surface area contributed by atoms with Gasteiger partial charge in [-0.2, -0.15) is 5.10 Å². The minimum absolute atomic E-state index is 0.226. The Balaban J connectivity index is 1.44. The number of hydrogen-bond donors (Lipinski definition) is 2. The second kappa shape index (κ2) is 5.92. The highest BCUT2D eigenvalue weighted by atomic mass is 16.1. The quantitative estimate of drug-likeness (QED) is 0.872. The van der Waals surface area contributed by atoms with Gasteiger partial charge in [0.1, 0.15) is 17.5 Å². The van der Waals surface area contributed by atoms with E-state index in [2.05, 4.69) is 41.9 Å². The van der Waals surface area contributed by atoms with Crippen LogP contribution in [0, 0.1) is 0 Å². The number of nitrogens with zero attached hydrogens (tertiary/aromatic N) is 5. The van der Waals surface area contributed by atoms with Gasteiger partial charge in [-0.15, -0.1) is 10.2 Å². The van der Waals surface area contributed by atoms with Crippen molar-refractivity contribution < 1.29 is 0 Å². The lowest BCUT2D eigenvalue weighted by molar-refractivity contribution is 0.190. The lowest BCUT2D eigenvalue weighted by atomic mass is 9.85. The molecule has 1 aliphatic heterocycles. The first-order chi connectivity index (χ1) is 11.2. The van der Waals surface area contributed by atoms with Crippen molar-refractivity contribution in [3.8, 4) is 0 Å². The molecule has 1 aliphatic carbocycles. The van der Waals surface area contributed by atoms with Crippen molar-refractivity contribution in [2.45, 2.75) is 50.5 Å². The predicted octanol–water partition coefficient (Wildman–Crippen LogP) is 0.874. The molecule has 1 saturated carbocycles. The molecule has 2 fully saturated rings. The highest BCUT2D eigenvalue weighted by molar-refractivity contribution is 5.05. The van der Waals surface area contributed by atoms with Crippen molar-refractivity contribution >= 4 is 0 Å². The molecule has 0 amide bonds. The standard InChI is InChI=1S/C15H23N7O/c1-21-12(17-19-14(21)10-4-2-5-10)9-22-7-3-6-11(8-22)13-16-15(23)20-18-13/h10-11H,2-9H2,1H3,(H2,16,18,20,23). The summed E-state index contributed by atoms with van der Waals surface area (Å²) in [7, 11) is 2.08. The Morgan fingerprint density at radius 3 is 2.70 bits per heavy atom. The Morgan fingerprint density at radius 2 is 2.00 bits per heavy atom. The molecule has 0 spiro atoms. The molecule has 23 heavy (non-hydrogen) atoms. The fraction of sp³-hybridized carbons (Fsp3) is 0.733. The molecule has 2 aromatic rings. The second-order valence-electron chi connectivity index (χ2n) is 6.80. The molecule has 3 heterocycles. The van der Waals surface area contributed by atoms with Crippen molar-refractivity contribution in [3.63, 3.8) is 0 Å². The van der Waals surface area contributed by atoms with Crippen LogP contribution in [0.1, 0.15) is 61.4 Å². The van der Waals surface area contributed by atoms with Crippen LogP contribution in [-0.2, 0) is 13.6 Å². The fourth-order valence-electron chi connectivity index (χ4n) is 3.63. The average Bonchev–Trinajstić information content (AvgIpc) is 3.07. The molecule has 8 heteroatoms. The zero-order chi connectivity index (χ0) is 15.8. The van der Waals surface area contributed by atoms with Crippen LogP contribution in [0.15, 0.2) is 4.79 Å². The molecule has 8 nitrogen and oxygen atoms in total. The van der Waals surface area contributed by atoms with Gasteiger partial charge < -0.3 is 4.57 Å². The number of nitrogens with one attached hydrogen (secondary N) is 2. The molecule has 1 saturated heterocycles. The molecule has 0 radical (unpaired) electrons. The largest absolute Gasteiger partial charge is 0.340 e. The van der Waals surface area contributed by atoms with Crippen molar-refractivity contribution in [2.24, 2.45) is 7.05 Å². The zero-order valence-electron chi connectivity index (χ0n) is 13.5. The Morgan fingerprint density at radius 1 is 1.17 bits per heavy atom. The number of piperidine rings is 1. The molecular weight excluding hydrogens is 294 g/mol. The van der Waals surface area contributed by atoms with Gasteiger partial charge >= 0.3 is 5.69 Å². The number of hydrogen-bond acceptors (Lipinski definition) is 5. The van der Waals surface area contributed by atoms with Crippen LogP contribution in [-0.4, -0.2) is 47.9 Å². The summed E-state index contributed by atoms with van der Waals surface area (Å²) in [5.74, 6) is 3.82. The topological polar surface area (TPSA) is 95.5 Å². The highest BCUT2D eigenvalue weighted by Gasteiger charge is 2.28. The summed E-state index contributed by atoms with van der Waals surface area (Å²) in [6, 6.07) is 0. The van der Waals surface area contributed by atoms with E-state index in [0.717, 1.165) is 49.9 Å². The van der Waals surface area contributed by atoms with Crippen LogP contribution in [0.4, 0.5) is 0 Å². The summed E-state index contributed by atoms with van der Waals surface area (Å²) in [6.07, 6.45) is 5.95. The summed E-state index contributed by atoms with van der Waals surface area (Å²) >= 11 is 0. The lowest BCUT2D eigenvalue weighted by Gasteiger charge is -2.31. The highest BCUT2D eigenvalue weighted by Crippen LogP contribution is 2.35. The van der Waals surface area contributed by atoms with Crippen molar-refractivity contribution in [2.75, 3.05) is 13.1 Å². The SMILES string of the molecule is Cn1c(CN2CCCC(c3n[nH]c(=O)[nH]3)C2)nnc1C1CCC1. The monoisotopic (exact) mass is 317 g/mol. The van der Waals surface area contributed by atoms with Gasteiger partial charge in [0.05, 0.1) is 6.54 Å². The minimum atomic E-state index is -0.226. The third-order valence-corrected chi connectivity index (χ3v) is 5.25. The van der Waals surface area contributed by atoms with Crippen molar-refractivity contribution in [1.82, 2.24) is 34.8 Å². The summed E-state index contributed by atoms with van der Waals surface area (Å²) in [6.45, 7) is 2.75. The van der Waals surface area contributed by atoms with Gasteiger partial charge in [-0.3, -0.25) is 9.88 Å². The van der Waals surface area contributed by atoms with Gasteiger partial charge in [0.2, 0.25) is 0 Å². The molecule has 4 rings (SSSR count). The maximum Gasteiger partial charge on any atom is 0.340 e. The summed E-state index contributed by atoms with van der Waals surface area (Å²) in [5, 5.41) is 15.4. The summed E-state index contributed by atoms with van der Waals surface area (Å²) < 4.78 is 2.17. The van der Waals surface area contributed by atoms with Crippen LogP contribution in [0.3, 0.4) is 0 Å². The summed E-state index contributed by atoms with van der Waals surface area (Å²) in [4.78, 5) is 16.4. The van der Waals surface area contributed by atoms with Gasteiger partial charge in [-0.05, 0) is 32.2 Å². The molecule has 0 bridgehead atoms. The van der Waals surface area contributed by atoms with Crippen LogP contribution >= 0.6 is 0 Å². The molecule has 2 N–H and O–H groups in total.